The summed E-state index contributed by atoms with van der Waals surface area (Å²) in [6.07, 6.45) is 10.6. The number of nitrogens with one attached hydrogen (secondary N) is 1. The van der Waals surface area contributed by atoms with Crippen molar-refractivity contribution in [1.29, 1.82) is 0 Å². The maximum atomic E-state index is 5.58. The van der Waals surface area contributed by atoms with E-state index in [0.717, 1.165) is 16.7 Å². The second kappa shape index (κ2) is 8.72. The zero-order valence-electron chi connectivity index (χ0n) is 10.5. The molecule has 0 spiro atoms. The summed E-state index contributed by atoms with van der Waals surface area (Å²) < 4.78 is 6.01. The Balaban J connectivity index is 2.22. The van der Waals surface area contributed by atoms with Gasteiger partial charge in [-0.3, -0.25) is 11.3 Å². The summed E-state index contributed by atoms with van der Waals surface area (Å²) in [6, 6.07) is 2.15. The molecule has 98 valence electrons. The molecule has 0 radical (unpaired) electrons. The highest BCUT2D eigenvalue weighted by Crippen LogP contribution is 2.27. The zero-order chi connectivity index (χ0) is 12.5. The van der Waals surface area contributed by atoms with Gasteiger partial charge in [-0.05, 0) is 28.4 Å². The van der Waals surface area contributed by atoms with Crippen LogP contribution in [0.4, 0.5) is 0 Å². The lowest BCUT2D eigenvalue weighted by Gasteiger charge is -2.14. The Hall–Kier alpha value is -0.320. The Bertz CT molecular complexity index is 301. The minimum atomic E-state index is 0.189. The van der Waals surface area contributed by atoms with Crippen molar-refractivity contribution in [2.24, 2.45) is 5.84 Å². The molecule has 1 rings (SSSR count). The summed E-state index contributed by atoms with van der Waals surface area (Å²) in [5, 5.41) is 0. The molecular weight excluding hydrogens is 280 g/mol. The Morgan fingerprint density at radius 2 is 2.00 bits per heavy atom. The molecule has 0 saturated carbocycles. The van der Waals surface area contributed by atoms with Gasteiger partial charge in [-0.25, -0.2) is 0 Å². The molecule has 1 aromatic rings. The molecular formula is C13H23BrN2O. The summed E-state index contributed by atoms with van der Waals surface area (Å²) in [6.45, 7) is 2.24. The van der Waals surface area contributed by atoms with Crippen LogP contribution >= 0.6 is 15.9 Å². The van der Waals surface area contributed by atoms with Gasteiger partial charge in [-0.15, -0.1) is 0 Å². The van der Waals surface area contributed by atoms with E-state index in [9.17, 15) is 0 Å². The van der Waals surface area contributed by atoms with Crippen LogP contribution in [0.25, 0.3) is 0 Å². The van der Waals surface area contributed by atoms with Crippen LogP contribution in [0.15, 0.2) is 21.4 Å². The van der Waals surface area contributed by atoms with Crippen LogP contribution in [0.2, 0.25) is 0 Å². The standard InChI is InChI=1S/C13H23BrN2O/c1-2-3-4-5-6-7-8-12(16-15)11-9-10-17-13(11)14/h9-10,12,16H,2-8,15H2,1H3. The normalized spacial score (nSPS) is 12.9. The fraction of sp³-hybridized carbons (Fsp3) is 0.692. The van der Waals surface area contributed by atoms with Crippen LogP contribution in [0.3, 0.4) is 0 Å². The molecule has 0 amide bonds. The van der Waals surface area contributed by atoms with Crippen LogP contribution < -0.4 is 11.3 Å². The molecule has 1 aromatic heterocycles. The van der Waals surface area contributed by atoms with Gasteiger partial charge in [0.25, 0.3) is 0 Å². The number of hydrogen-bond acceptors (Lipinski definition) is 3. The van der Waals surface area contributed by atoms with Crippen molar-refractivity contribution in [2.45, 2.75) is 57.9 Å². The predicted molar refractivity (Wildman–Crippen MR) is 74.5 cm³/mol. The van der Waals surface area contributed by atoms with E-state index in [-0.39, 0.29) is 6.04 Å². The molecule has 17 heavy (non-hydrogen) atoms. The maximum absolute atomic E-state index is 5.58. The molecule has 0 aliphatic rings. The predicted octanol–water partition coefficient (Wildman–Crippen LogP) is 4.30. The third-order valence-corrected chi connectivity index (χ3v) is 3.71. The lowest BCUT2D eigenvalue weighted by molar-refractivity contribution is 0.463. The Kier molecular flexibility index (Phi) is 7.56. The Morgan fingerprint density at radius 1 is 1.29 bits per heavy atom. The van der Waals surface area contributed by atoms with Crippen LogP contribution in [-0.2, 0) is 0 Å². The van der Waals surface area contributed by atoms with Gasteiger partial charge in [-0.2, -0.15) is 0 Å². The number of hydrogen-bond donors (Lipinski definition) is 2. The lowest BCUT2D eigenvalue weighted by Crippen LogP contribution is -2.27. The van der Waals surface area contributed by atoms with Gasteiger partial charge in [-0.1, -0.05) is 45.4 Å². The third-order valence-electron chi connectivity index (χ3n) is 3.07. The van der Waals surface area contributed by atoms with Gasteiger partial charge >= 0.3 is 0 Å². The van der Waals surface area contributed by atoms with E-state index >= 15 is 0 Å². The highest BCUT2D eigenvalue weighted by molar-refractivity contribution is 9.10. The largest absolute Gasteiger partial charge is 0.457 e. The first-order valence-electron chi connectivity index (χ1n) is 6.48. The fourth-order valence-electron chi connectivity index (χ4n) is 2.01. The molecule has 3 N–H and O–H groups in total. The van der Waals surface area contributed by atoms with Crippen molar-refractivity contribution in [3.63, 3.8) is 0 Å². The summed E-state index contributed by atoms with van der Waals surface area (Å²) in [5.41, 5.74) is 3.97. The molecule has 1 unspecified atom stereocenters. The quantitative estimate of drug-likeness (QED) is 0.406. The number of hydrazine groups is 1. The lowest BCUT2D eigenvalue weighted by atomic mass is 10.0. The molecule has 3 nitrogen and oxygen atoms in total. The van der Waals surface area contributed by atoms with Gasteiger partial charge in [0.05, 0.1) is 12.3 Å². The van der Waals surface area contributed by atoms with Gasteiger partial charge < -0.3 is 4.42 Å². The number of halogens is 1. The summed E-state index contributed by atoms with van der Waals surface area (Å²) in [4.78, 5) is 0. The van der Waals surface area contributed by atoms with E-state index < -0.39 is 0 Å². The topological polar surface area (TPSA) is 51.2 Å². The highest BCUT2D eigenvalue weighted by atomic mass is 79.9. The molecule has 0 aliphatic heterocycles. The van der Waals surface area contributed by atoms with E-state index in [1.165, 1.54) is 38.5 Å². The molecule has 0 aliphatic carbocycles. The van der Waals surface area contributed by atoms with Crippen LogP contribution in [0.5, 0.6) is 0 Å². The van der Waals surface area contributed by atoms with Crippen molar-refractivity contribution >= 4 is 15.9 Å². The molecule has 1 heterocycles. The fourth-order valence-corrected chi connectivity index (χ4v) is 2.53. The second-order valence-corrected chi connectivity index (χ2v) is 5.15. The second-order valence-electron chi connectivity index (χ2n) is 4.43. The minimum Gasteiger partial charge on any atom is -0.457 e. The average Bonchev–Trinajstić information content (AvgIpc) is 2.75. The average molecular weight is 303 g/mol. The van der Waals surface area contributed by atoms with Crippen LogP contribution in [0.1, 0.15) is 63.5 Å². The first-order valence-corrected chi connectivity index (χ1v) is 7.28. The number of nitrogens with two attached hydrogens (primary N) is 1. The van der Waals surface area contributed by atoms with Crippen molar-refractivity contribution in [1.82, 2.24) is 5.43 Å². The summed E-state index contributed by atoms with van der Waals surface area (Å²) in [7, 11) is 0. The third kappa shape index (κ3) is 5.23. The first kappa shape index (κ1) is 14.7. The van der Waals surface area contributed by atoms with E-state index in [2.05, 4.69) is 28.3 Å². The monoisotopic (exact) mass is 302 g/mol. The van der Waals surface area contributed by atoms with E-state index in [1.54, 1.807) is 6.26 Å². The maximum Gasteiger partial charge on any atom is 0.173 e. The zero-order valence-corrected chi connectivity index (χ0v) is 12.1. The SMILES string of the molecule is CCCCCCCCC(NN)c1ccoc1Br. The molecule has 0 fully saturated rings. The Morgan fingerprint density at radius 3 is 2.59 bits per heavy atom. The van der Waals surface area contributed by atoms with Crippen molar-refractivity contribution < 1.29 is 4.42 Å². The number of furan rings is 1. The van der Waals surface area contributed by atoms with Gasteiger partial charge in [0.1, 0.15) is 0 Å². The Labute approximate surface area is 112 Å². The highest BCUT2D eigenvalue weighted by Gasteiger charge is 2.14. The van der Waals surface area contributed by atoms with Crippen molar-refractivity contribution in [2.75, 3.05) is 0 Å². The number of rotatable bonds is 9. The van der Waals surface area contributed by atoms with Gasteiger partial charge in [0.15, 0.2) is 4.67 Å². The van der Waals surface area contributed by atoms with Crippen LogP contribution in [0, 0.1) is 0 Å². The van der Waals surface area contributed by atoms with Crippen molar-refractivity contribution in [3.8, 4) is 0 Å². The van der Waals surface area contributed by atoms with E-state index in [4.69, 9.17) is 10.3 Å². The minimum absolute atomic E-state index is 0.189. The first-order chi connectivity index (χ1) is 8.29. The molecule has 0 aromatic carbocycles. The van der Waals surface area contributed by atoms with Crippen molar-refractivity contribution in [3.05, 3.63) is 22.6 Å². The van der Waals surface area contributed by atoms with Gasteiger partial charge in [0, 0.05) is 5.56 Å². The van der Waals surface area contributed by atoms with Gasteiger partial charge in [0.2, 0.25) is 0 Å². The smallest absolute Gasteiger partial charge is 0.173 e. The molecule has 0 bridgehead atoms. The van der Waals surface area contributed by atoms with E-state index in [1.807, 2.05) is 6.07 Å². The van der Waals surface area contributed by atoms with E-state index in [0.29, 0.717) is 0 Å². The molecule has 4 heteroatoms. The van der Waals surface area contributed by atoms with Crippen LogP contribution in [-0.4, -0.2) is 0 Å². The summed E-state index contributed by atoms with van der Waals surface area (Å²) >= 11 is 3.39. The number of unbranched alkanes of at least 4 members (excludes halogenated alkanes) is 5. The molecule has 0 saturated heterocycles. The molecule has 1 atom stereocenters. The summed E-state index contributed by atoms with van der Waals surface area (Å²) in [5.74, 6) is 5.58.